The van der Waals surface area contributed by atoms with Crippen molar-refractivity contribution in [1.82, 2.24) is 9.80 Å². The van der Waals surface area contributed by atoms with Crippen molar-refractivity contribution < 1.29 is 26.3 Å². The number of alkyl halides is 6. The molecule has 0 N–H and O–H groups in total. The van der Waals surface area contributed by atoms with Crippen molar-refractivity contribution in [3.05, 3.63) is 0 Å². The first kappa shape index (κ1) is 27.7. The molecule has 0 amide bonds. The zero-order chi connectivity index (χ0) is 24.4. The van der Waals surface area contributed by atoms with E-state index in [-0.39, 0.29) is 36.4 Å². The Morgan fingerprint density at radius 3 is 1.62 bits per heavy atom. The maximum atomic E-state index is 14.0. The van der Waals surface area contributed by atoms with Gasteiger partial charge in [-0.1, -0.05) is 41.0 Å². The molecule has 0 saturated heterocycles. The lowest BCUT2D eigenvalue weighted by molar-refractivity contribution is -0.199. The molecule has 2 aliphatic carbocycles. The van der Waals surface area contributed by atoms with Crippen molar-refractivity contribution in [1.29, 1.82) is 0 Å². The van der Waals surface area contributed by atoms with E-state index in [1.807, 2.05) is 27.7 Å². The number of halogens is 6. The zero-order valence-electron chi connectivity index (χ0n) is 20.4. The van der Waals surface area contributed by atoms with E-state index in [1.165, 1.54) is 0 Å². The summed E-state index contributed by atoms with van der Waals surface area (Å²) in [6.07, 6.45) is -4.54. The van der Waals surface area contributed by atoms with Crippen LogP contribution in [0.1, 0.15) is 86.5 Å². The molecule has 2 fully saturated rings. The van der Waals surface area contributed by atoms with Crippen LogP contribution in [0.4, 0.5) is 26.3 Å². The van der Waals surface area contributed by atoms with Gasteiger partial charge in [0.25, 0.3) is 0 Å². The first-order chi connectivity index (χ1) is 14.6. The quantitative estimate of drug-likeness (QED) is 0.260. The second-order valence-corrected chi connectivity index (χ2v) is 10.9. The second-order valence-electron chi connectivity index (χ2n) is 10.9. The van der Waals surface area contributed by atoms with Gasteiger partial charge in [0.15, 0.2) is 0 Å². The van der Waals surface area contributed by atoms with Gasteiger partial charge < -0.3 is 0 Å². The summed E-state index contributed by atoms with van der Waals surface area (Å²) in [6.45, 7) is 11.1. The van der Waals surface area contributed by atoms with Gasteiger partial charge in [0.2, 0.25) is 0 Å². The minimum Gasteiger partial charge on any atom is -0.289 e. The van der Waals surface area contributed by atoms with Crippen molar-refractivity contribution in [3.63, 3.8) is 0 Å². The predicted molar refractivity (Wildman–Crippen MR) is 116 cm³/mol. The van der Waals surface area contributed by atoms with Crippen molar-refractivity contribution in [2.45, 2.75) is 129 Å². The van der Waals surface area contributed by atoms with Gasteiger partial charge in [-0.15, -0.1) is 0 Å². The van der Waals surface area contributed by atoms with Crippen LogP contribution in [-0.2, 0) is 0 Å². The number of hydrogen-bond acceptors (Lipinski definition) is 2. The Bertz CT molecular complexity index is 566. The lowest BCUT2D eigenvalue weighted by Crippen LogP contribution is -2.52. The second kappa shape index (κ2) is 10.8. The van der Waals surface area contributed by atoms with Crippen LogP contribution in [0.5, 0.6) is 0 Å². The van der Waals surface area contributed by atoms with Gasteiger partial charge in [-0.25, -0.2) is 0 Å². The maximum absolute atomic E-state index is 14.0. The molecule has 2 saturated carbocycles. The summed E-state index contributed by atoms with van der Waals surface area (Å²) in [6, 6.07) is -3.17. The van der Waals surface area contributed by atoms with Gasteiger partial charge in [0.1, 0.15) is 12.1 Å². The minimum absolute atomic E-state index is 0.000363. The van der Waals surface area contributed by atoms with Crippen molar-refractivity contribution in [2.75, 3.05) is 6.54 Å². The molecule has 1 unspecified atom stereocenters. The van der Waals surface area contributed by atoms with Crippen LogP contribution in [0, 0.1) is 17.8 Å². The van der Waals surface area contributed by atoms with E-state index in [9.17, 15) is 26.3 Å². The van der Waals surface area contributed by atoms with E-state index in [2.05, 4.69) is 0 Å². The number of rotatable bonds is 13. The molecule has 0 aromatic carbocycles. The lowest BCUT2D eigenvalue weighted by atomic mass is 9.95. The molecule has 0 aliphatic heterocycles. The summed E-state index contributed by atoms with van der Waals surface area (Å²) in [7, 11) is 0. The lowest BCUT2D eigenvalue weighted by Gasteiger charge is -2.40. The van der Waals surface area contributed by atoms with Crippen LogP contribution in [0.3, 0.4) is 0 Å². The fourth-order valence-electron chi connectivity index (χ4n) is 5.03. The Balaban J connectivity index is 1.99. The number of nitrogens with zero attached hydrogens (tertiary/aromatic N) is 2. The molecule has 2 nitrogen and oxygen atoms in total. The highest BCUT2D eigenvalue weighted by atomic mass is 19.4. The van der Waals surface area contributed by atoms with Gasteiger partial charge in [-0.3, -0.25) is 9.80 Å². The molecule has 4 atom stereocenters. The van der Waals surface area contributed by atoms with E-state index in [0.717, 1.165) is 25.7 Å². The van der Waals surface area contributed by atoms with Crippen molar-refractivity contribution in [2.24, 2.45) is 17.8 Å². The molecular weight excluding hydrogens is 430 g/mol. The van der Waals surface area contributed by atoms with Crippen molar-refractivity contribution >= 4 is 0 Å². The molecule has 8 heteroatoms. The molecule has 0 aromatic heterocycles. The molecule has 0 bridgehead atoms. The molecular formula is C24H42F6N2. The zero-order valence-corrected chi connectivity index (χ0v) is 20.4. The summed E-state index contributed by atoms with van der Waals surface area (Å²) in [5, 5.41) is 0. The van der Waals surface area contributed by atoms with Crippen LogP contribution in [0.15, 0.2) is 0 Å². The number of hydrogen-bond donors (Lipinski definition) is 0. The maximum Gasteiger partial charge on any atom is 0.404 e. The molecule has 0 heterocycles. The molecule has 190 valence electrons. The third-order valence-electron chi connectivity index (χ3n) is 7.18. The van der Waals surface area contributed by atoms with Crippen LogP contribution in [-0.4, -0.2) is 58.9 Å². The third kappa shape index (κ3) is 7.78. The van der Waals surface area contributed by atoms with Crippen LogP contribution in [0.2, 0.25) is 0 Å². The highest BCUT2D eigenvalue weighted by Crippen LogP contribution is 2.41. The van der Waals surface area contributed by atoms with Crippen molar-refractivity contribution in [3.8, 4) is 0 Å². The van der Waals surface area contributed by atoms with E-state index < -0.39 is 30.4 Å². The van der Waals surface area contributed by atoms with Crippen LogP contribution < -0.4 is 0 Å². The van der Waals surface area contributed by atoms with E-state index in [4.69, 9.17) is 0 Å². The molecule has 0 spiro atoms. The van der Waals surface area contributed by atoms with E-state index in [0.29, 0.717) is 19.4 Å². The van der Waals surface area contributed by atoms with E-state index in [1.54, 1.807) is 23.6 Å². The Hall–Kier alpha value is -0.500. The van der Waals surface area contributed by atoms with E-state index >= 15 is 0 Å². The summed E-state index contributed by atoms with van der Waals surface area (Å²) in [4.78, 5) is 3.25. The predicted octanol–water partition coefficient (Wildman–Crippen LogP) is 7.28. The van der Waals surface area contributed by atoms with Gasteiger partial charge in [-0.05, 0) is 63.2 Å². The summed E-state index contributed by atoms with van der Waals surface area (Å²) < 4.78 is 83.0. The largest absolute Gasteiger partial charge is 0.404 e. The summed E-state index contributed by atoms with van der Waals surface area (Å²) >= 11 is 0. The van der Waals surface area contributed by atoms with Gasteiger partial charge in [0, 0.05) is 24.7 Å². The summed E-state index contributed by atoms with van der Waals surface area (Å²) in [5.41, 5.74) is 0. The molecule has 0 radical (unpaired) electrons. The highest BCUT2D eigenvalue weighted by molar-refractivity contribution is 4.96. The fourth-order valence-corrected chi connectivity index (χ4v) is 5.03. The Labute approximate surface area is 190 Å². The third-order valence-corrected chi connectivity index (χ3v) is 7.18. The minimum atomic E-state index is -4.30. The molecule has 32 heavy (non-hydrogen) atoms. The molecule has 2 rings (SSSR count). The normalized spacial score (nSPS) is 22.1. The Kier molecular flexibility index (Phi) is 9.39. The standard InChI is InChI=1S/C24H42F6N2/c1-15(2)18(6)32(20-12-13-20)21(23(25,26)27)9-7-8-17(5)14-31(19-10-11-19)22(16(3)4)24(28,29)30/h15-22H,7-14H2,1-6H3/t17?,18-,21-,22+/m0/s1. The topological polar surface area (TPSA) is 6.48 Å². The fraction of sp³-hybridized carbons (Fsp3) is 1.00. The van der Waals surface area contributed by atoms with Crippen LogP contribution in [0.25, 0.3) is 0 Å². The van der Waals surface area contributed by atoms with Gasteiger partial charge in [-0.2, -0.15) is 26.3 Å². The van der Waals surface area contributed by atoms with Crippen LogP contribution >= 0.6 is 0 Å². The SMILES string of the molecule is CC(CCC[C@H](N(C1CC1)[C@@H](C)C(C)C)C(F)(F)F)CN(C1CC1)[C@H](C(C)C)C(F)(F)F. The van der Waals surface area contributed by atoms with Gasteiger partial charge in [0.05, 0.1) is 0 Å². The Morgan fingerprint density at radius 2 is 1.25 bits per heavy atom. The molecule has 0 aromatic rings. The van der Waals surface area contributed by atoms with Gasteiger partial charge >= 0.3 is 12.4 Å². The monoisotopic (exact) mass is 472 g/mol. The summed E-state index contributed by atoms with van der Waals surface area (Å²) in [5.74, 6) is -0.506. The smallest absolute Gasteiger partial charge is 0.289 e. The molecule has 2 aliphatic rings. The highest BCUT2D eigenvalue weighted by Gasteiger charge is 2.51. The first-order valence-corrected chi connectivity index (χ1v) is 12.3. The Morgan fingerprint density at radius 1 is 0.719 bits per heavy atom. The average molecular weight is 473 g/mol. The average Bonchev–Trinajstić information content (AvgIpc) is 3.51. The first-order valence-electron chi connectivity index (χ1n) is 12.3.